The minimum Gasteiger partial charge on any atom is -0.383 e. The van der Waals surface area contributed by atoms with E-state index in [1.165, 1.54) is 11.3 Å². The van der Waals surface area contributed by atoms with Crippen LogP contribution in [0.4, 0.5) is 5.69 Å². The van der Waals surface area contributed by atoms with Crippen LogP contribution in [0.5, 0.6) is 0 Å². The van der Waals surface area contributed by atoms with Crippen LogP contribution in [0.1, 0.15) is 26.3 Å². The van der Waals surface area contributed by atoms with Crippen molar-refractivity contribution in [2.75, 3.05) is 31.7 Å². The molecular weight excluding hydrogens is 304 g/mol. The zero-order chi connectivity index (χ0) is 14.3. The molecule has 0 aliphatic rings. The second-order valence-electron chi connectivity index (χ2n) is 4.89. The van der Waals surface area contributed by atoms with E-state index in [0.717, 1.165) is 30.7 Å². The normalized spacial score (nSPS) is 11.1. The number of rotatable bonds is 8. The van der Waals surface area contributed by atoms with Crippen LogP contribution in [0.2, 0.25) is 0 Å². The summed E-state index contributed by atoms with van der Waals surface area (Å²) >= 11 is 3.68. The molecule has 0 saturated carbocycles. The van der Waals surface area contributed by atoms with Crippen molar-refractivity contribution in [1.82, 2.24) is 5.32 Å². The van der Waals surface area contributed by atoms with Crippen molar-refractivity contribution in [1.29, 1.82) is 0 Å². The van der Waals surface area contributed by atoms with Gasteiger partial charge in [-0.15, -0.1) is 0 Å². The van der Waals surface area contributed by atoms with E-state index >= 15 is 0 Å². The molecule has 0 aromatic heterocycles. The van der Waals surface area contributed by atoms with Gasteiger partial charge >= 0.3 is 0 Å². The van der Waals surface area contributed by atoms with E-state index in [4.69, 9.17) is 4.74 Å². The molecule has 0 aliphatic heterocycles. The van der Waals surface area contributed by atoms with E-state index in [2.05, 4.69) is 65.1 Å². The van der Waals surface area contributed by atoms with E-state index in [9.17, 15) is 0 Å². The summed E-state index contributed by atoms with van der Waals surface area (Å²) in [7, 11) is 1.74. The predicted molar refractivity (Wildman–Crippen MR) is 85.9 cm³/mol. The van der Waals surface area contributed by atoms with Gasteiger partial charge in [0.2, 0.25) is 0 Å². The summed E-state index contributed by atoms with van der Waals surface area (Å²) in [5, 5.41) is 3.43. The van der Waals surface area contributed by atoms with Gasteiger partial charge in [-0.1, -0.05) is 19.9 Å². The molecule has 1 aromatic rings. The van der Waals surface area contributed by atoms with Crippen LogP contribution >= 0.6 is 15.9 Å². The maximum Gasteiger partial charge on any atom is 0.0637 e. The number of methoxy groups -OCH3 is 1. The first-order valence-corrected chi connectivity index (χ1v) is 7.63. The van der Waals surface area contributed by atoms with E-state index in [0.29, 0.717) is 6.04 Å². The third kappa shape index (κ3) is 5.51. The highest BCUT2D eigenvalue weighted by Crippen LogP contribution is 2.27. The Labute approximate surface area is 125 Å². The summed E-state index contributed by atoms with van der Waals surface area (Å²) in [6.45, 7) is 10.0. The smallest absolute Gasteiger partial charge is 0.0637 e. The van der Waals surface area contributed by atoms with Crippen LogP contribution in [-0.4, -0.2) is 32.8 Å². The summed E-state index contributed by atoms with van der Waals surface area (Å²) in [6.07, 6.45) is 0. The number of hydrogen-bond donors (Lipinski definition) is 1. The summed E-state index contributed by atoms with van der Waals surface area (Å²) < 4.78 is 6.30. The van der Waals surface area contributed by atoms with Crippen molar-refractivity contribution in [2.45, 2.75) is 33.4 Å². The van der Waals surface area contributed by atoms with E-state index < -0.39 is 0 Å². The van der Waals surface area contributed by atoms with Gasteiger partial charge in [0.25, 0.3) is 0 Å². The lowest BCUT2D eigenvalue weighted by Crippen LogP contribution is -2.27. The van der Waals surface area contributed by atoms with Crippen molar-refractivity contribution in [3.8, 4) is 0 Å². The first-order chi connectivity index (χ1) is 9.08. The minimum atomic E-state index is 0.507. The second kappa shape index (κ2) is 8.56. The Balaban J connectivity index is 2.74. The van der Waals surface area contributed by atoms with Crippen molar-refractivity contribution in [2.24, 2.45) is 0 Å². The Morgan fingerprint density at radius 2 is 2.11 bits per heavy atom. The van der Waals surface area contributed by atoms with Gasteiger partial charge in [0, 0.05) is 37.3 Å². The fourth-order valence-electron chi connectivity index (χ4n) is 1.89. The third-order valence-corrected chi connectivity index (χ3v) is 3.65. The molecule has 19 heavy (non-hydrogen) atoms. The highest BCUT2D eigenvalue weighted by Gasteiger charge is 2.09. The molecule has 1 N–H and O–H groups in total. The molecule has 0 spiro atoms. The Morgan fingerprint density at radius 1 is 1.37 bits per heavy atom. The monoisotopic (exact) mass is 328 g/mol. The highest BCUT2D eigenvalue weighted by molar-refractivity contribution is 9.10. The van der Waals surface area contributed by atoms with Gasteiger partial charge in [0.1, 0.15) is 0 Å². The highest BCUT2D eigenvalue weighted by atomic mass is 79.9. The third-order valence-electron chi connectivity index (χ3n) is 3.01. The van der Waals surface area contributed by atoms with Crippen LogP contribution < -0.4 is 10.2 Å². The van der Waals surface area contributed by atoms with Crippen molar-refractivity contribution < 1.29 is 4.74 Å². The first-order valence-electron chi connectivity index (χ1n) is 6.84. The Bertz CT molecular complexity index is 382. The molecule has 0 radical (unpaired) electrons. The van der Waals surface area contributed by atoms with E-state index in [-0.39, 0.29) is 0 Å². The number of halogens is 1. The molecule has 0 unspecified atom stereocenters. The molecule has 3 nitrogen and oxygen atoms in total. The van der Waals surface area contributed by atoms with Crippen LogP contribution in [0, 0.1) is 0 Å². The molecule has 0 saturated heterocycles. The predicted octanol–water partition coefficient (Wildman–Crippen LogP) is 3.42. The molecule has 108 valence electrons. The molecule has 0 aliphatic carbocycles. The number of hydrogen-bond acceptors (Lipinski definition) is 3. The molecule has 0 atom stereocenters. The first kappa shape index (κ1) is 16.5. The molecule has 0 fully saturated rings. The number of nitrogens with one attached hydrogen (secondary N) is 1. The van der Waals surface area contributed by atoms with Crippen LogP contribution in [0.3, 0.4) is 0 Å². The number of ether oxygens (including phenoxy) is 1. The van der Waals surface area contributed by atoms with Crippen molar-refractivity contribution in [3.05, 3.63) is 28.2 Å². The fraction of sp³-hybridized carbons (Fsp3) is 0.600. The van der Waals surface area contributed by atoms with Crippen molar-refractivity contribution >= 4 is 21.6 Å². The van der Waals surface area contributed by atoms with Crippen LogP contribution in [0.25, 0.3) is 0 Å². The molecular formula is C15H25BrN2O. The van der Waals surface area contributed by atoms with E-state index in [1.54, 1.807) is 7.11 Å². The van der Waals surface area contributed by atoms with Crippen LogP contribution in [0.15, 0.2) is 22.7 Å². The van der Waals surface area contributed by atoms with Gasteiger partial charge in [0.15, 0.2) is 0 Å². The molecule has 0 bridgehead atoms. The zero-order valence-corrected chi connectivity index (χ0v) is 14.0. The summed E-state index contributed by atoms with van der Waals surface area (Å²) in [6, 6.07) is 7.07. The zero-order valence-electron chi connectivity index (χ0n) is 12.4. The summed E-state index contributed by atoms with van der Waals surface area (Å²) in [4.78, 5) is 2.31. The molecule has 1 aromatic carbocycles. The van der Waals surface area contributed by atoms with Gasteiger partial charge in [0.05, 0.1) is 12.3 Å². The lowest BCUT2D eigenvalue weighted by atomic mass is 10.2. The summed E-state index contributed by atoms with van der Waals surface area (Å²) in [5.41, 5.74) is 2.53. The van der Waals surface area contributed by atoms with Gasteiger partial charge in [-0.3, -0.25) is 0 Å². The molecule has 4 heteroatoms. The fourth-order valence-corrected chi connectivity index (χ4v) is 2.57. The Hall–Kier alpha value is -0.580. The van der Waals surface area contributed by atoms with Gasteiger partial charge in [-0.05, 0) is 40.5 Å². The second-order valence-corrected chi connectivity index (χ2v) is 5.75. The molecule has 0 amide bonds. The lowest BCUT2D eigenvalue weighted by Gasteiger charge is -2.24. The number of nitrogens with zero attached hydrogens (tertiary/aromatic N) is 1. The topological polar surface area (TPSA) is 24.5 Å². The average molecular weight is 329 g/mol. The number of benzene rings is 1. The van der Waals surface area contributed by atoms with E-state index in [1.807, 2.05) is 0 Å². The van der Waals surface area contributed by atoms with Crippen molar-refractivity contribution in [3.63, 3.8) is 0 Å². The minimum absolute atomic E-state index is 0.507. The quantitative estimate of drug-likeness (QED) is 0.791. The molecule has 0 heterocycles. The van der Waals surface area contributed by atoms with Gasteiger partial charge in [-0.2, -0.15) is 0 Å². The summed E-state index contributed by atoms with van der Waals surface area (Å²) in [5.74, 6) is 0. The average Bonchev–Trinajstić information content (AvgIpc) is 2.39. The standard InChI is InChI=1S/C15H25BrN2O/c1-5-18(8-9-19-4)15-7-6-13(10-14(15)16)11-17-12(2)3/h6-7,10,12,17H,5,8-9,11H2,1-4H3. The number of likely N-dealkylation sites (N-methyl/N-ethyl adjacent to an activating group) is 1. The molecule has 1 rings (SSSR count). The lowest BCUT2D eigenvalue weighted by molar-refractivity contribution is 0.205. The SMILES string of the molecule is CCN(CCOC)c1ccc(CNC(C)C)cc1Br. The Morgan fingerprint density at radius 3 is 2.63 bits per heavy atom. The van der Waals surface area contributed by atoms with Gasteiger partial charge in [-0.25, -0.2) is 0 Å². The largest absolute Gasteiger partial charge is 0.383 e. The van der Waals surface area contributed by atoms with Crippen LogP contribution in [-0.2, 0) is 11.3 Å². The maximum atomic E-state index is 5.16. The Kier molecular flexibility index (Phi) is 7.42. The maximum absolute atomic E-state index is 5.16. The number of anilines is 1. The van der Waals surface area contributed by atoms with Gasteiger partial charge < -0.3 is 15.0 Å².